The number of hydrogen-bond donors (Lipinski definition) is 0. The van der Waals surface area contributed by atoms with Crippen LogP contribution in [0.1, 0.15) is 15.9 Å². The SMILES string of the molecule is COC(=O)c1cccc(-c2noc(-c3cc(C#N)cn3C)n2)c1. The van der Waals surface area contributed by atoms with E-state index < -0.39 is 5.97 Å². The quantitative estimate of drug-likeness (QED) is 0.690. The maximum absolute atomic E-state index is 11.6. The predicted octanol–water partition coefficient (Wildman–Crippen LogP) is 2.40. The Balaban J connectivity index is 1.98. The Labute approximate surface area is 131 Å². The summed E-state index contributed by atoms with van der Waals surface area (Å²) in [5.74, 6) is 0.217. The lowest BCUT2D eigenvalue weighted by Gasteiger charge is -2.00. The van der Waals surface area contributed by atoms with Crippen molar-refractivity contribution in [3.63, 3.8) is 0 Å². The van der Waals surface area contributed by atoms with Crippen molar-refractivity contribution < 1.29 is 14.1 Å². The molecule has 0 fully saturated rings. The van der Waals surface area contributed by atoms with Gasteiger partial charge in [0.1, 0.15) is 11.8 Å². The van der Waals surface area contributed by atoms with Crippen LogP contribution in [0.3, 0.4) is 0 Å². The van der Waals surface area contributed by atoms with Crippen LogP contribution < -0.4 is 0 Å². The fourth-order valence-electron chi connectivity index (χ4n) is 2.19. The molecule has 0 aliphatic rings. The molecular weight excluding hydrogens is 296 g/mol. The number of methoxy groups -OCH3 is 1. The number of ether oxygens (including phenoxy) is 1. The molecule has 7 heteroatoms. The topological polar surface area (TPSA) is 93.9 Å². The smallest absolute Gasteiger partial charge is 0.337 e. The molecule has 0 radical (unpaired) electrons. The maximum Gasteiger partial charge on any atom is 0.337 e. The number of aromatic nitrogens is 3. The summed E-state index contributed by atoms with van der Waals surface area (Å²) in [5, 5.41) is 12.9. The van der Waals surface area contributed by atoms with Gasteiger partial charge in [0, 0.05) is 18.8 Å². The molecule has 1 aromatic carbocycles. The van der Waals surface area contributed by atoms with Crippen molar-refractivity contribution in [2.75, 3.05) is 7.11 Å². The van der Waals surface area contributed by atoms with Crippen LogP contribution in [0.5, 0.6) is 0 Å². The van der Waals surface area contributed by atoms with Gasteiger partial charge in [-0.2, -0.15) is 10.2 Å². The van der Waals surface area contributed by atoms with Crippen LogP contribution in [0.2, 0.25) is 0 Å². The number of carbonyl (C=O) groups is 1. The number of rotatable bonds is 3. The van der Waals surface area contributed by atoms with E-state index in [1.54, 1.807) is 48.1 Å². The van der Waals surface area contributed by atoms with Gasteiger partial charge in [0.2, 0.25) is 5.82 Å². The lowest BCUT2D eigenvalue weighted by Crippen LogP contribution is -2.00. The fourth-order valence-corrected chi connectivity index (χ4v) is 2.19. The second-order valence-electron chi connectivity index (χ2n) is 4.83. The van der Waals surface area contributed by atoms with E-state index in [9.17, 15) is 4.79 Å². The molecule has 3 rings (SSSR count). The largest absolute Gasteiger partial charge is 0.465 e. The van der Waals surface area contributed by atoms with Gasteiger partial charge in [-0.25, -0.2) is 4.79 Å². The molecule has 0 aliphatic heterocycles. The molecule has 0 amide bonds. The monoisotopic (exact) mass is 308 g/mol. The van der Waals surface area contributed by atoms with Crippen LogP contribution in [0.15, 0.2) is 41.1 Å². The highest BCUT2D eigenvalue weighted by Crippen LogP contribution is 2.24. The molecule has 0 saturated heterocycles. The third-order valence-corrected chi connectivity index (χ3v) is 3.32. The molecule has 3 aromatic rings. The van der Waals surface area contributed by atoms with E-state index in [4.69, 9.17) is 14.5 Å². The maximum atomic E-state index is 11.6. The molecule has 0 spiro atoms. The van der Waals surface area contributed by atoms with Crippen molar-refractivity contribution in [2.45, 2.75) is 0 Å². The van der Waals surface area contributed by atoms with E-state index in [-0.39, 0.29) is 0 Å². The summed E-state index contributed by atoms with van der Waals surface area (Å²) in [6.45, 7) is 0. The molecule has 23 heavy (non-hydrogen) atoms. The third kappa shape index (κ3) is 2.70. The van der Waals surface area contributed by atoms with E-state index in [2.05, 4.69) is 16.2 Å². The van der Waals surface area contributed by atoms with Crippen molar-refractivity contribution in [1.29, 1.82) is 5.26 Å². The number of nitriles is 1. The molecular formula is C16H12N4O3. The zero-order chi connectivity index (χ0) is 16.4. The first kappa shape index (κ1) is 14.5. The third-order valence-electron chi connectivity index (χ3n) is 3.32. The van der Waals surface area contributed by atoms with Crippen LogP contribution in [0.25, 0.3) is 23.0 Å². The molecule has 0 saturated carbocycles. The Bertz CT molecular complexity index is 918. The summed E-state index contributed by atoms with van der Waals surface area (Å²) in [7, 11) is 3.11. The summed E-state index contributed by atoms with van der Waals surface area (Å²) >= 11 is 0. The molecule has 0 aliphatic carbocycles. The Morgan fingerprint density at radius 1 is 1.39 bits per heavy atom. The first-order valence-electron chi connectivity index (χ1n) is 6.71. The summed E-state index contributed by atoms with van der Waals surface area (Å²) in [5.41, 5.74) is 2.19. The van der Waals surface area contributed by atoms with Crippen LogP contribution in [0, 0.1) is 11.3 Å². The average Bonchev–Trinajstić information content (AvgIpc) is 3.20. The Hall–Kier alpha value is -3.40. The number of aryl methyl sites for hydroxylation is 1. The summed E-state index contributed by atoms with van der Waals surface area (Å²) in [6, 6.07) is 10.5. The highest BCUT2D eigenvalue weighted by Gasteiger charge is 2.15. The number of esters is 1. The molecule has 7 nitrogen and oxygen atoms in total. The number of nitrogens with zero attached hydrogens (tertiary/aromatic N) is 4. The molecule has 2 heterocycles. The number of carbonyl (C=O) groups excluding carboxylic acids is 1. The van der Waals surface area contributed by atoms with E-state index >= 15 is 0 Å². The van der Waals surface area contributed by atoms with Crippen LogP contribution in [-0.2, 0) is 11.8 Å². The van der Waals surface area contributed by atoms with E-state index in [0.29, 0.717) is 34.1 Å². The molecule has 0 bridgehead atoms. The fraction of sp³-hybridized carbons (Fsp3) is 0.125. The van der Waals surface area contributed by atoms with Gasteiger partial charge in [-0.15, -0.1) is 0 Å². The van der Waals surface area contributed by atoms with Gasteiger partial charge < -0.3 is 13.8 Å². The van der Waals surface area contributed by atoms with Crippen LogP contribution >= 0.6 is 0 Å². The minimum absolute atomic E-state index is 0.299. The van der Waals surface area contributed by atoms with Crippen molar-refractivity contribution in [3.05, 3.63) is 47.7 Å². The summed E-state index contributed by atoms with van der Waals surface area (Å²) < 4.78 is 11.7. The number of benzene rings is 1. The molecule has 0 N–H and O–H groups in total. The average molecular weight is 308 g/mol. The Morgan fingerprint density at radius 3 is 2.91 bits per heavy atom. The summed E-state index contributed by atoms with van der Waals surface area (Å²) in [4.78, 5) is 15.9. The molecule has 0 atom stereocenters. The first-order chi connectivity index (χ1) is 11.1. The second kappa shape index (κ2) is 5.77. The van der Waals surface area contributed by atoms with Crippen molar-refractivity contribution in [3.8, 4) is 29.0 Å². The lowest BCUT2D eigenvalue weighted by atomic mass is 10.1. The standard InChI is InChI=1S/C16H12N4O3/c1-20-9-10(8-17)6-13(20)15-18-14(19-23-15)11-4-3-5-12(7-11)16(21)22-2/h3-7,9H,1-2H3. The predicted molar refractivity (Wildman–Crippen MR) is 80.2 cm³/mol. The highest BCUT2D eigenvalue weighted by atomic mass is 16.5. The van der Waals surface area contributed by atoms with Gasteiger partial charge in [-0.1, -0.05) is 17.3 Å². The minimum atomic E-state index is -0.434. The Kier molecular flexibility index (Phi) is 3.65. The Morgan fingerprint density at radius 2 is 2.22 bits per heavy atom. The summed E-state index contributed by atoms with van der Waals surface area (Å²) in [6.07, 6.45) is 1.68. The first-order valence-corrected chi connectivity index (χ1v) is 6.71. The zero-order valence-corrected chi connectivity index (χ0v) is 12.5. The second-order valence-corrected chi connectivity index (χ2v) is 4.83. The molecule has 2 aromatic heterocycles. The molecule has 0 unspecified atom stereocenters. The zero-order valence-electron chi connectivity index (χ0n) is 12.5. The van der Waals surface area contributed by atoms with E-state index in [1.165, 1.54) is 7.11 Å². The van der Waals surface area contributed by atoms with E-state index in [1.807, 2.05) is 0 Å². The van der Waals surface area contributed by atoms with Gasteiger partial charge in [0.15, 0.2) is 0 Å². The minimum Gasteiger partial charge on any atom is -0.465 e. The van der Waals surface area contributed by atoms with Crippen molar-refractivity contribution >= 4 is 5.97 Å². The van der Waals surface area contributed by atoms with Crippen LogP contribution in [0.4, 0.5) is 0 Å². The van der Waals surface area contributed by atoms with Gasteiger partial charge in [-0.05, 0) is 18.2 Å². The van der Waals surface area contributed by atoms with Crippen molar-refractivity contribution in [1.82, 2.24) is 14.7 Å². The van der Waals surface area contributed by atoms with Crippen molar-refractivity contribution in [2.24, 2.45) is 7.05 Å². The normalized spacial score (nSPS) is 10.3. The van der Waals surface area contributed by atoms with Gasteiger partial charge in [0.05, 0.1) is 18.2 Å². The molecule has 114 valence electrons. The van der Waals surface area contributed by atoms with E-state index in [0.717, 1.165) is 0 Å². The van der Waals surface area contributed by atoms with Crippen LogP contribution in [-0.4, -0.2) is 27.8 Å². The lowest BCUT2D eigenvalue weighted by molar-refractivity contribution is 0.0601. The number of hydrogen-bond acceptors (Lipinski definition) is 6. The van der Waals surface area contributed by atoms with Gasteiger partial charge >= 0.3 is 5.97 Å². The highest BCUT2D eigenvalue weighted by molar-refractivity contribution is 5.90. The van der Waals surface area contributed by atoms with Gasteiger partial charge in [-0.3, -0.25) is 0 Å². The van der Waals surface area contributed by atoms with Gasteiger partial charge in [0.25, 0.3) is 5.89 Å².